The Hall–Kier alpha value is -2.37. The number of nitrogens with one attached hydrogen (secondary N) is 1. The number of amides is 1. The predicted molar refractivity (Wildman–Crippen MR) is 108 cm³/mol. The molecule has 4 nitrogen and oxygen atoms in total. The molecule has 0 unspecified atom stereocenters. The summed E-state index contributed by atoms with van der Waals surface area (Å²) < 4.78 is 5.77. The fraction of sp³-hybridized carbons (Fsp3) is 0.200. The fourth-order valence-electron chi connectivity index (χ4n) is 2.57. The van der Waals surface area contributed by atoms with Crippen LogP contribution >= 0.6 is 23.8 Å². The summed E-state index contributed by atoms with van der Waals surface area (Å²) in [6.45, 7) is 3.11. The van der Waals surface area contributed by atoms with Crippen LogP contribution in [0.2, 0.25) is 5.02 Å². The van der Waals surface area contributed by atoms with Crippen LogP contribution in [0.4, 0.5) is 0 Å². The van der Waals surface area contributed by atoms with Gasteiger partial charge in [0.2, 0.25) is 0 Å². The Labute approximate surface area is 163 Å². The SMILES string of the molecule is CCCN1C(=O)C(=Cc2ccc(OCc3ccc(Cl)cc3)cc2)NC1=S. The second-order valence-corrected chi connectivity index (χ2v) is 6.75. The van der Waals surface area contributed by atoms with E-state index in [2.05, 4.69) is 5.32 Å². The van der Waals surface area contributed by atoms with E-state index in [4.69, 9.17) is 28.6 Å². The molecule has 134 valence electrons. The summed E-state index contributed by atoms with van der Waals surface area (Å²) in [7, 11) is 0. The topological polar surface area (TPSA) is 41.6 Å². The third kappa shape index (κ3) is 4.42. The molecule has 1 fully saturated rings. The summed E-state index contributed by atoms with van der Waals surface area (Å²) in [5.41, 5.74) is 2.45. The summed E-state index contributed by atoms with van der Waals surface area (Å²) in [4.78, 5) is 13.9. The second kappa shape index (κ2) is 8.34. The Morgan fingerprint density at radius 1 is 1.15 bits per heavy atom. The van der Waals surface area contributed by atoms with Crippen molar-refractivity contribution < 1.29 is 9.53 Å². The molecule has 6 heteroatoms. The van der Waals surface area contributed by atoms with E-state index >= 15 is 0 Å². The van der Waals surface area contributed by atoms with Crippen molar-refractivity contribution in [2.75, 3.05) is 6.54 Å². The van der Waals surface area contributed by atoms with E-state index in [9.17, 15) is 4.79 Å². The van der Waals surface area contributed by atoms with Crippen LogP contribution in [0, 0.1) is 0 Å². The van der Waals surface area contributed by atoms with E-state index in [1.807, 2.05) is 55.5 Å². The second-order valence-electron chi connectivity index (χ2n) is 5.93. The number of halogens is 1. The van der Waals surface area contributed by atoms with Gasteiger partial charge in [-0.15, -0.1) is 0 Å². The van der Waals surface area contributed by atoms with Crippen LogP contribution in [0.3, 0.4) is 0 Å². The molecule has 0 aromatic heterocycles. The van der Waals surface area contributed by atoms with Crippen molar-refractivity contribution in [3.63, 3.8) is 0 Å². The summed E-state index contributed by atoms with van der Waals surface area (Å²) in [6, 6.07) is 15.1. The molecule has 1 aliphatic heterocycles. The maximum absolute atomic E-state index is 12.3. The van der Waals surface area contributed by atoms with Crippen molar-refractivity contribution in [1.29, 1.82) is 0 Å². The fourth-order valence-corrected chi connectivity index (χ4v) is 2.98. The molecule has 0 radical (unpaired) electrons. The Morgan fingerprint density at radius 2 is 1.85 bits per heavy atom. The Morgan fingerprint density at radius 3 is 2.50 bits per heavy atom. The van der Waals surface area contributed by atoms with Gasteiger partial charge >= 0.3 is 0 Å². The molecule has 1 heterocycles. The first kappa shape index (κ1) is 18.4. The lowest BCUT2D eigenvalue weighted by atomic mass is 10.2. The molecule has 0 atom stereocenters. The monoisotopic (exact) mass is 386 g/mol. The molecule has 1 amide bonds. The van der Waals surface area contributed by atoms with Gasteiger partial charge in [0.25, 0.3) is 5.91 Å². The quantitative estimate of drug-likeness (QED) is 0.590. The zero-order valence-corrected chi connectivity index (χ0v) is 15.9. The number of carbonyl (C=O) groups excluding carboxylic acids is 1. The summed E-state index contributed by atoms with van der Waals surface area (Å²) in [6.07, 6.45) is 2.66. The standard InChI is InChI=1S/C20H19ClN2O2S/c1-2-11-23-19(24)18(22-20(23)26)12-14-5-9-17(10-6-14)25-13-15-3-7-16(21)8-4-15/h3-10,12H,2,11,13H2,1H3,(H,22,26). The maximum Gasteiger partial charge on any atom is 0.276 e. The van der Waals surface area contributed by atoms with Crippen LogP contribution < -0.4 is 10.1 Å². The highest BCUT2D eigenvalue weighted by Gasteiger charge is 2.29. The third-order valence-corrected chi connectivity index (χ3v) is 4.49. The molecule has 26 heavy (non-hydrogen) atoms. The van der Waals surface area contributed by atoms with Crippen molar-refractivity contribution >= 4 is 40.9 Å². The Balaban J connectivity index is 1.63. The van der Waals surface area contributed by atoms with Crippen LogP contribution in [0.15, 0.2) is 54.2 Å². The minimum atomic E-state index is -0.0834. The van der Waals surface area contributed by atoms with E-state index < -0.39 is 0 Å². The van der Waals surface area contributed by atoms with Crippen LogP contribution in [0.25, 0.3) is 6.08 Å². The number of carbonyl (C=O) groups is 1. The molecular weight excluding hydrogens is 368 g/mol. The third-order valence-electron chi connectivity index (χ3n) is 3.92. The van der Waals surface area contributed by atoms with Crippen molar-refractivity contribution in [2.24, 2.45) is 0 Å². The van der Waals surface area contributed by atoms with Crippen LogP contribution in [0.1, 0.15) is 24.5 Å². The van der Waals surface area contributed by atoms with Gasteiger partial charge in [0.15, 0.2) is 5.11 Å². The number of nitrogens with zero attached hydrogens (tertiary/aromatic N) is 1. The zero-order valence-electron chi connectivity index (χ0n) is 14.4. The van der Waals surface area contributed by atoms with Gasteiger partial charge in [-0.2, -0.15) is 0 Å². The molecule has 1 aliphatic rings. The van der Waals surface area contributed by atoms with Crippen molar-refractivity contribution in [3.8, 4) is 5.75 Å². The minimum Gasteiger partial charge on any atom is -0.489 e. The minimum absolute atomic E-state index is 0.0834. The van der Waals surface area contributed by atoms with E-state index in [-0.39, 0.29) is 5.91 Å². The molecule has 3 rings (SSSR count). The molecule has 2 aromatic rings. The average Bonchev–Trinajstić information content (AvgIpc) is 2.90. The number of thiocarbonyl (C=S) groups is 1. The normalized spacial score (nSPS) is 15.5. The lowest BCUT2D eigenvalue weighted by Gasteiger charge is -2.11. The first-order valence-corrected chi connectivity index (χ1v) is 9.17. The van der Waals surface area contributed by atoms with Crippen molar-refractivity contribution in [2.45, 2.75) is 20.0 Å². The molecule has 0 spiro atoms. The van der Waals surface area contributed by atoms with Gasteiger partial charge in [-0.3, -0.25) is 9.69 Å². The van der Waals surface area contributed by atoms with Gasteiger partial charge in [-0.25, -0.2) is 0 Å². The van der Waals surface area contributed by atoms with E-state index in [1.54, 1.807) is 11.0 Å². The summed E-state index contributed by atoms with van der Waals surface area (Å²) in [5.74, 6) is 0.677. The van der Waals surface area contributed by atoms with Crippen LogP contribution in [-0.4, -0.2) is 22.5 Å². The lowest BCUT2D eigenvalue weighted by Crippen LogP contribution is -2.31. The first-order chi connectivity index (χ1) is 12.6. The zero-order chi connectivity index (χ0) is 18.5. The van der Waals surface area contributed by atoms with Gasteiger partial charge < -0.3 is 10.1 Å². The van der Waals surface area contributed by atoms with Gasteiger partial charge in [0, 0.05) is 11.6 Å². The lowest BCUT2D eigenvalue weighted by molar-refractivity contribution is -0.122. The largest absolute Gasteiger partial charge is 0.489 e. The maximum atomic E-state index is 12.3. The first-order valence-electron chi connectivity index (χ1n) is 8.38. The highest BCUT2D eigenvalue weighted by atomic mass is 35.5. The summed E-state index contributed by atoms with van der Waals surface area (Å²) in [5, 5.41) is 4.15. The van der Waals surface area contributed by atoms with E-state index in [0.29, 0.717) is 29.0 Å². The summed E-state index contributed by atoms with van der Waals surface area (Å²) >= 11 is 11.1. The Kier molecular flexibility index (Phi) is 5.91. The molecule has 2 aromatic carbocycles. The van der Waals surface area contributed by atoms with Gasteiger partial charge in [0.05, 0.1) is 0 Å². The highest BCUT2D eigenvalue weighted by molar-refractivity contribution is 7.80. The smallest absolute Gasteiger partial charge is 0.276 e. The number of ether oxygens (including phenoxy) is 1. The molecule has 0 saturated carbocycles. The van der Waals surface area contributed by atoms with Gasteiger partial charge in [-0.1, -0.05) is 42.8 Å². The highest BCUT2D eigenvalue weighted by Crippen LogP contribution is 2.19. The number of hydrogen-bond donors (Lipinski definition) is 1. The number of hydrogen-bond acceptors (Lipinski definition) is 3. The predicted octanol–water partition coefficient (Wildman–Crippen LogP) is 4.39. The van der Waals surface area contributed by atoms with Crippen LogP contribution in [-0.2, 0) is 11.4 Å². The molecule has 0 bridgehead atoms. The number of benzene rings is 2. The number of rotatable bonds is 6. The average molecular weight is 387 g/mol. The van der Waals surface area contributed by atoms with E-state index in [0.717, 1.165) is 23.3 Å². The molecule has 0 aliphatic carbocycles. The Bertz CT molecular complexity index is 832. The van der Waals surface area contributed by atoms with Crippen molar-refractivity contribution in [1.82, 2.24) is 10.2 Å². The van der Waals surface area contributed by atoms with Crippen LogP contribution in [0.5, 0.6) is 5.75 Å². The molecule has 1 saturated heterocycles. The van der Waals surface area contributed by atoms with Gasteiger partial charge in [-0.05, 0) is 60.1 Å². The van der Waals surface area contributed by atoms with Crippen molar-refractivity contribution in [3.05, 3.63) is 70.4 Å². The molecular formula is C20H19ClN2O2S. The molecule has 1 N–H and O–H groups in total. The van der Waals surface area contributed by atoms with E-state index in [1.165, 1.54) is 0 Å². The van der Waals surface area contributed by atoms with Gasteiger partial charge in [0.1, 0.15) is 18.1 Å².